The van der Waals surface area contributed by atoms with E-state index in [1.165, 1.54) is 57.8 Å². The normalized spacial score (nSPS) is 14.3. The van der Waals surface area contributed by atoms with Crippen LogP contribution in [0.25, 0.3) is 0 Å². The van der Waals surface area contributed by atoms with E-state index < -0.39 is 57.8 Å². The van der Waals surface area contributed by atoms with E-state index >= 15 is 0 Å². The summed E-state index contributed by atoms with van der Waals surface area (Å²) >= 11 is 0. The Morgan fingerprint density at radius 1 is 0.395 bits per heavy atom. The number of ether oxygens (including phenoxy) is 3. The molecule has 3 atom stereocenters. The van der Waals surface area contributed by atoms with Gasteiger partial charge in [0.2, 0.25) is 0 Å². The monoisotopic (exact) mass is 1080 g/mol. The van der Waals surface area contributed by atoms with Gasteiger partial charge in [-0.05, 0) is 109 Å². The number of hydrogen-bond acceptors (Lipinski definition) is 10. The minimum atomic E-state index is -4.80. The van der Waals surface area contributed by atoms with E-state index in [4.69, 9.17) is 23.3 Å². The number of phosphoric ester groups is 1. The first-order chi connectivity index (χ1) is 37.2. The van der Waals surface area contributed by atoms with Crippen LogP contribution in [0.2, 0.25) is 0 Å². The number of rotatable bonds is 52. The van der Waals surface area contributed by atoms with Crippen molar-refractivity contribution in [3.05, 3.63) is 134 Å². The van der Waals surface area contributed by atoms with Gasteiger partial charge in [-0.2, -0.15) is 0 Å². The van der Waals surface area contributed by atoms with Gasteiger partial charge in [-0.25, -0.2) is 4.57 Å². The smallest absolute Gasteiger partial charge is 0.462 e. The standard InChI is InChI=1S/C64H103O11P/c1-4-7-10-13-16-19-22-25-28-30-33-35-38-41-44-47-50-53-62(66)71-57-61(75-64(68)55-52-49-46-43-40-37-34-31-29-26-23-20-17-14-11-8-5-2)59-73-76(69,70)72-58-60(56-65)74-63(67)54-51-48-45-42-39-36-32-27-24-21-18-15-12-9-6-3/h7,9-10,12,16,18-19,21,25-29,32-33,35,39,41-42,44,48,51,60-61,65H,4-6,8,11,13-15,17,20,22-24,30-31,34,36-38,40,43,45-47,49-50,52-59H2,1-3H3,(H,69,70)/b10-7-,12-9-,19-16-,21-18-,28-25-,29-26-,32-27-,35-33-,42-39-,44-41-,51-48-. The lowest BCUT2D eigenvalue weighted by Gasteiger charge is -2.21. The Morgan fingerprint density at radius 3 is 1.21 bits per heavy atom. The topological polar surface area (TPSA) is 155 Å². The molecule has 430 valence electrons. The Bertz CT molecular complexity index is 1780. The van der Waals surface area contributed by atoms with Gasteiger partial charge in [0.15, 0.2) is 6.10 Å². The zero-order valence-corrected chi connectivity index (χ0v) is 48.3. The second-order valence-corrected chi connectivity index (χ2v) is 20.2. The molecule has 0 bridgehead atoms. The van der Waals surface area contributed by atoms with Gasteiger partial charge in [0.1, 0.15) is 12.7 Å². The second-order valence-electron chi connectivity index (χ2n) is 18.7. The third-order valence-electron chi connectivity index (χ3n) is 11.6. The first kappa shape index (κ1) is 71.6. The SMILES string of the molecule is CC/C=C\C/C=C\C/C=C\C/C=C\C/C=C\CCCC(=O)OCC(COP(=O)(O)OCC(CO)OC(=O)C/C=C\C/C=C\C/C=C\C/C=C\C/C=C\CC)OC(=O)CCCCCCCCC/C=C\CCCCCCCC. The van der Waals surface area contributed by atoms with Crippen molar-refractivity contribution in [3.8, 4) is 0 Å². The second kappa shape index (κ2) is 56.8. The third kappa shape index (κ3) is 54.4. The molecule has 0 aliphatic rings. The van der Waals surface area contributed by atoms with Gasteiger partial charge in [-0.15, -0.1) is 0 Å². The molecule has 0 fully saturated rings. The fourth-order valence-corrected chi connectivity index (χ4v) is 8.01. The zero-order chi connectivity index (χ0) is 55.5. The molecule has 2 N–H and O–H groups in total. The summed E-state index contributed by atoms with van der Waals surface area (Å²) in [6.45, 7) is 4.22. The van der Waals surface area contributed by atoms with Crippen LogP contribution in [0, 0.1) is 0 Å². The lowest BCUT2D eigenvalue weighted by molar-refractivity contribution is -0.161. The maximum absolute atomic E-state index is 12.9. The molecule has 0 aromatic heterocycles. The number of aliphatic hydroxyl groups is 1. The average molecular weight is 1080 g/mol. The summed E-state index contributed by atoms with van der Waals surface area (Å²) in [5, 5.41) is 9.80. The van der Waals surface area contributed by atoms with Crippen LogP contribution in [0.3, 0.4) is 0 Å². The Kier molecular flexibility index (Phi) is 53.5. The molecule has 0 rings (SSSR count). The van der Waals surface area contributed by atoms with Gasteiger partial charge < -0.3 is 24.2 Å². The van der Waals surface area contributed by atoms with Crippen LogP contribution in [0.15, 0.2) is 134 Å². The number of carbonyl (C=O) groups excluding carboxylic acids is 3. The van der Waals surface area contributed by atoms with E-state index in [0.717, 1.165) is 89.9 Å². The number of unbranched alkanes of at least 4 members (excludes halogenated alkanes) is 14. The van der Waals surface area contributed by atoms with Crippen molar-refractivity contribution >= 4 is 25.7 Å². The molecule has 0 spiro atoms. The van der Waals surface area contributed by atoms with Crippen molar-refractivity contribution in [2.45, 2.75) is 226 Å². The Hall–Kier alpha value is -4.38. The largest absolute Gasteiger partial charge is 0.472 e. The highest BCUT2D eigenvalue weighted by Crippen LogP contribution is 2.43. The van der Waals surface area contributed by atoms with E-state index in [1.54, 1.807) is 6.08 Å². The van der Waals surface area contributed by atoms with E-state index in [9.17, 15) is 28.9 Å². The van der Waals surface area contributed by atoms with Crippen molar-refractivity contribution in [1.82, 2.24) is 0 Å². The summed E-state index contributed by atoms with van der Waals surface area (Å²) in [5.74, 6) is -1.69. The number of allylic oxidation sites excluding steroid dienone is 21. The first-order valence-electron chi connectivity index (χ1n) is 29.1. The Labute approximate surface area is 461 Å². The molecule has 3 unspecified atom stereocenters. The van der Waals surface area contributed by atoms with E-state index in [2.05, 4.69) is 124 Å². The van der Waals surface area contributed by atoms with Gasteiger partial charge in [0, 0.05) is 12.8 Å². The van der Waals surface area contributed by atoms with Crippen LogP contribution in [-0.4, -0.2) is 66.5 Å². The van der Waals surface area contributed by atoms with Crippen molar-refractivity contribution < 1.29 is 52.2 Å². The molecule has 0 heterocycles. The minimum absolute atomic E-state index is 0.0655. The summed E-state index contributed by atoms with van der Waals surface area (Å²) in [6, 6.07) is 0. The van der Waals surface area contributed by atoms with E-state index in [1.807, 2.05) is 24.3 Å². The molecule has 76 heavy (non-hydrogen) atoms. The molecule has 11 nitrogen and oxygen atoms in total. The van der Waals surface area contributed by atoms with Crippen molar-refractivity contribution in [1.29, 1.82) is 0 Å². The summed E-state index contributed by atoms with van der Waals surface area (Å²) in [6.07, 6.45) is 71.6. The van der Waals surface area contributed by atoms with Crippen LogP contribution in [0.1, 0.15) is 213 Å². The summed E-state index contributed by atoms with van der Waals surface area (Å²) in [7, 11) is -4.80. The molecule has 0 aromatic rings. The number of esters is 3. The van der Waals surface area contributed by atoms with Gasteiger partial charge in [-0.3, -0.25) is 23.4 Å². The third-order valence-corrected chi connectivity index (χ3v) is 12.5. The molecule has 0 aliphatic carbocycles. The van der Waals surface area contributed by atoms with Crippen LogP contribution in [0.5, 0.6) is 0 Å². The molecular weight excluding hydrogens is 976 g/mol. The lowest BCUT2D eigenvalue weighted by Crippen LogP contribution is -2.30. The van der Waals surface area contributed by atoms with Crippen LogP contribution >= 0.6 is 7.82 Å². The predicted octanol–water partition coefficient (Wildman–Crippen LogP) is 17.4. The first-order valence-corrected chi connectivity index (χ1v) is 30.6. The van der Waals surface area contributed by atoms with Crippen molar-refractivity contribution in [2.24, 2.45) is 0 Å². The highest BCUT2D eigenvalue weighted by atomic mass is 31.2. The number of hydrogen-bond donors (Lipinski definition) is 2. The molecule has 0 aromatic carbocycles. The Morgan fingerprint density at radius 2 is 0.750 bits per heavy atom. The predicted molar refractivity (Wildman–Crippen MR) is 316 cm³/mol. The quantitative estimate of drug-likeness (QED) is 0.0197. The van der Waals surface area contributed by atoms with Gasteiger partial charge in [-0.1, -0.05) is 219 Å². The van der Waals surface area contributed by atoms with Gasteiger partial charge in [0.05, 0.1) is 26.2 Å². The molecule has 0 amide bonds. The number of phosphoric acid groups is 1. The average Bonchev–Trinajstić information content (AvgIpc) is 3.41. The zero-order valence-electron chi connectivity index (χ0n) is 47.4. The molecule has 0 saturated heterocycles. The van der Waals surface area contributed by atoms with Gasteiger partial charge >= 0.3 is 25.7 Å². The fourth-order valence-electron chi connectivity index (χ4n) is 7.23. The number of aliphatic hydroxyl groups excluding tert-OH is 1. The maximum atomic E-state index is 12.9. The fraction of sp³-hybridized carbons (Fsp3) is 0.609. The van der Waals surface area contributed by atoms with Crippen LogP contribution in [-0.2, 0) is 42.2 Å². The maximum Gasteiger partial charge on any atom is 0.472 e. The molecule has 0 saturated carbocycles. The van der Waals surface area contributed by atoms with Gasteiger partial charge in [0.25, 0.3) is 0 Å². The molecule has 0 aliphatic heterocycles. The van der Waals surface area contributed by atoms with Crippen LogP contribution in [0.4, 0.5) is 0 Å². The van der Waals surface area contributed by atoms with Crippen LogP contribution < -0.4 is 0 Å². The minimum Gasteiger partial charge on any atom is -0.462 e. The summed E-state index contributed by atoms with van der Waals surface area (Å²) in [5.41, 5.74) is 0. The van der Waals surface area contributed by atoms with Crippen molar-refractivity contribution in [3.63, 3.8) is 0 Å². The van der Waals surface area contributed by atoms with E-state index in [-0.39, 0.29) is 25.9 Å². The lowest BCUT2D eigenvalue weighted by atomic mass is 10.1. The molecule has 12 heteroatoms. The Balaban J connectivity index is 4.91. The van der Waals surface area contributed by atoms with Crippen molar-refractivity contribution in [2.75, 3.05) is 26.4 Å². The molecule has 0 radical (unpaired) electrons. The summed E-state index contributed by atoms with van der Waals surface area (Å²) in [4.78, 5) is 48.5. The van der Waals surface area contributed by atoms with E-state index in [0.29, 0.717) is 25.7 Å². The highest BCUT2D eigenvalue weighted by molar-refractivity contribution is 7.47. The molecular formula is C64H103O11P. The summed E-state index contributed by atoms with van der Waals surface area (Å²) < 4.78 is 39.3. The number of carbonyl (C=O) groups is 3. The highest BCUT2D eigenvalue weighted by Gasteiger charge is 2.28.